The number of rotatable bonds is 8. The molecule has 0 aliphatic carbocycles. The number of hydrogen-bond donors (Lipinski definition) is 0. The van der Waals surface area contributed by atoms with Crippen LogP contribution in [0.1, 0.15) is 45.1 Å². The molecule has 4 aliphatic rings. The zero-order valence-electron chi connectivity index (χ0n) is 26.6. The fourth-order valence-corrected chi connectivity index (χ4v) is 7.22. The molecule has 0 unspecified atom stereocenters. The number of Topliss-reactive ketones (excluding diaryl/α,β-unsaturated/α-hetero) is 1. The van der Waals surface area contributed by atoms with Crippen LogP contribution in [0.5, 0.6) is 0 Å². The first-order valence-corrected chi connectivity index (χ1v) is 16.6. The lowest BCUT2D eigenvalue weighted by molar-refractivity contribution is -0.149. The maximum Gasteiger partial charge on any atom is 0.337 e. The number of nitrogens with zero attached hydrogens (tertiary/aromatic N) is 4. The van der Waals surface area contributed by atoms with Gasteiger partial charge in [0.1, 0.15) is 6.04 Å². The van der Waals surface area contributed by atoms with Crippen LogP contribution in [-0.2, 0) is 36.7 Å². The molecule has 3 aromatic carbocycles. The maximum absolute atomic E-state index is 14.8. The Labute approximate surface area is 283 Å². The van der Waals surface area contributed by atoms with E-state index in [1.54, 1.807) is 41.3 Å². The maximum atomic E-state index is 14.8. The third-order valence-corrected chi connectivity index (χ3v) is 10.0. The van der Waals surface area contributed by atoms with Gasteiger partial charge in [-0.1, -0.05) is 47.1 Å². The van der Waals surface area contributed by atoms with E-state index in [-0.39, 0.29) is 40.8 Å². The largest absolute Gasteiger partial charge is 0.465 e. The fraction of sp³-hybridized carbons (Fsp3) is 0.389. The molecular weight excluding hydrogens is 639 g/mol. The lowest BCUT2D eigenvalue weighted by atomic mass is 9.86. The van der Waals surface area contributed by atoms with Crippen LogP contribution in [0, 0.1) is 5.82 Å². The molecule has 48 heavy (non-hydrogen) atoms. The lowest BCUT2D eigenvalue weighted by Crippen LogP contribution is -2.57. The second-order valence-corrected chi connectivity index (χ2v) is 12.9. The summed E-state index contributed by atoms with van der Waals surface area (Å²) in [6, 6.07) is 16.9. The van der Waals surface area contributed by atoms with Gasteiger partial charge in [-0.25, -0.2) is 9.18 Å². The highest BCUT2D eigenvalue weighted by Gasteiger charge is 2.42. The second-order valence-electron chi connectivity index (χ2n) is 12.5. The highest BCUT2D eigenvalue weighted by Crippen LogP contribution is 2.38. The summed E-state index contributed by atoms with van der Waals surface area (Å²) >= 11 is 5.99. The van der Waals surface area contributed by atoms with E-state index in [4.69, 9.17) is 25.9 Å². The molecule has 0 aromatic heterocycles. The van der Waals surface area contributed by atoms with Crippen molar-refractivity contribution in [2.24, 2.45) is 5.16 Å². The molecule has 0 N–H and O–H groups in total. The first-order valence-electron chi connectivity index (χ1n) is 16.2. The van der Waals surface area contributed by atoms with Crippen LogP contribution < -0.4 is 4.90 Å². The number of ether oxygens (including phenoxy) is 2. The number of carbonyl (C=O) groups excluding carboxylic acids is 3. The second kappa shape index (κ2) is 13.7. The third-order valence-electron chi connectivity index (χ3n) is 9.74. The molecule has 2 saturated heterocycles. The van der Waals surface area contributed by atoms with Gasteiger partial charge in [-0.15, -0.1) is 0 Å². The summed E-state index contributed by atoms with van der Waals surface area (Å²) in [5.74, 6) is -1.64. The van der Waals surface area contributed by atoms with Crippen molar-refractivity contribution < 1.29 is 33.1 Å². The molecule has 250 valence electrons. The topological polar surface area (TPSA) is 101 Å². The van der Waals surface area contributed by atoms with Crippen LogP contribution in [-0.4, -0.2) is 98.4 Å². The van der Waals surface area contributed by atoms with Gasteiger partial charge in [0, 0.05) is 56.8 Å². The van der Waals surface area contributed by atoms with Crippen molar-refractivity contribution in [3.8, 4) is 0 Å². The molecule has 0 saturated carbocycles. The quantitative estimate of drug-likeness (QED) is 0.328. The number of hydrogen-bond acceptors (Lipinski definition) is 9. The van der Waals surface area contributed by atoms with Crippen LogP contribution in [0.2, 0.25) is 5.02 Å². The van der Waals surface area contributed by atoms with Crippen molar-refractivity contribution in [3.63, 3.8) is 0 Å². The van der Waals surface area contributed by atoms with E-state index in [1.165, 1.54) is 13.2 Å². The molecule has 3 aromatic rings. The van der Waals surface area contributed by atoms with E-state index < -0.39 is 23.9 Å². The Hall–Kier alpha value is -4.32. The summed E-state index contributed by atoms with van der Waals surface area (Å²) in [5, 5.41) is 4.01. The van der Waals surface area contributed by atoms with Crippen molar-refractivity contribution in [1.29, 1.82) is 0 Å². The highest BCUT2D eigenvalue weighted by molar-refractivity contribution is 6.31. The highest BCUT2D eigenvalue weighted by atomic mass is 35.5. The van der Waals surface area contributed by atoms with Crippen molar-refractivity contribution in [1.82, 2.24) is 9.80 Å². The van der Waals surface area contributed by atoms with Crippen LogP contribution in [0.4, 0.5) is 10.1 Å². The molecule has 4 heterocycles. The Balaban J connectivity index is 1.15. The van der Waals surface area contributed by atoms with Crippen LogP contribution in [0.25, 0.3) is 0 Å². The third kappa shape index (κ3) is 6.18. The van der Waals surface area contributed by atoms with Gasteiger partial charge in [0.05, 0.1) is 42.7 Å². The number of benzene rings is 3. The normalized spacial score (nSPS) is 21.2. The van der Waals surface area contributed by atoms with Gasteiger partial charge in [0.25, 0.3) is 5.91 Å². The first-order chi connectivity index (χ1) is 23.3. The molecule has 4 aliphatic heterocycles. The number of esters is 1. The number of piperazine rings is 1. The standard InChI is InChI=1S/C36H36ClFN4O6/c1-46-36(45)23-10-8-22(9-11-23)18-31(43)34-26-4-3-7-30(41-16-14-40(15-17-41)24-20-47-21-24)25(26)12-13-42(34)35(44)32-19-29(39-48-32)27-5-2-6-28(37)33(27)38/h2-11,24,32,34H,12-21H2,1H3/t32-,34-/m1/s1. The Bertz CT molecular complexity index is 1760. The molecule has 0 spiro atoms. The fourth-order valence-electron chi connectivity index (χ4n) is 7.05. The molecular formula is C36H36ClFN4O6. The van der Waals surface area contributed by atoms with Gasteiger partial charge >= 0.3 is 5.97 Å². The predicted molar refractivity (Wildman–Crippen MR) is 177 cm³/mol. The average Bonchev–Trinajstić information content (AvgIpc) is 3.58. The number of carbonyl (C=O) groups is 3. The van der Waals surface area contributed by atoms with E-state index in [2.05, 4.69) is 21.0 Å². The number of oxime groups is 1. The van der Waals surface area contributed by atoms with Gasteiger partial charge < -0.3 is 24.1 Å². The molecule has 0 bridgehead atoms. The molecule has 1 amide bonds. The molecule has 0 radical (unpaired) electrons. The molecule has 2 fully saturated rings. The summed E-state index contributed by atoms with van der Waals surface area (Å²) in [4.78, 5) is 52.4. The number of methoxy groups -OCH3 is 1. The minimum Gasteiger partial charge on any atom is -0.465 e. The summed E-state index contributed by atoms with van der Waals surface area (Å²) < 4.78 is 25.0. The zero-order chi connectivity index (χ0) is 33.4. The van der Waals surface area contributed by atoms with Crippen molar-refractivity contribution in [3.05, 3.63) is 99.3 Å². The lowest BCUT2D eigenvalue weighted by Gasteiger charge is -2.44. The van der Waals surface area contributed by atoms with Crippen molar-refractivity contribution >= 4 is 40.7 Å². The van der Waals surface area contributed by atoms with E-state index in [1.807, 2.05) is 12.1 Å². The Morgan fingerprint density at radius 3 is 2.44 bits per heavy atom. The summed E-state index contributed by atoms with van der Waals surface area (Å²) in [6.07, 6.45) is -0.357. The van der Waals surface area contributed by atoms with Gasteiger partial charge in [0.2, 0.25) is 6.10 Å². The molecule has 7 rings (SSSR count). The smallest absolute Gasteiger partial charge is 0.337 e. The molecule has 2 atom stereocenters. The minimum absolute atomic E-state index is 0.0443. The van der Waals surface area contributed by atoms with Crippen molar-refractivity contribution in [2.45, 2.75) is 37.5 Å². The monoisotopic (exact) mass is 674 g/mol. The number of fused-ring (bicyclic) bond motifs is 1. The average molecular weight is 675 g/mol. The number of anilines is 1. The zero-order valence-corrected chi connectivity index (χ0v) is 27.3. The van der Waals surface area contributed by atoms with E-state index in [9.17, 15) is 18.8 Å². The van der Waals surface area contributed by atoms with Gasteiger partial charge in [-0.05, 0) is 53.4 Å². The van der Waals surface area contributed by atoms with Crippen molar-refractivity contribution in [2.75, 3.05) is 57.9 Å². The van der Waals surface area contributed by atoms with Gasteiger partial charge in [0.15, 0.2) is 11.6 Å². The minimum atomic E-state index is -1.01. The number of ketones is 1. The summed E-state index contributed by atoms with van der Waals surface area (Å²) in [6.45, 7) is 5.45. The van der Waals surface area contributed by atoms with E-state index in [0.717, 1.165) is 56.2 Å². The van der Waals surface area contributed by atoms with Gasteiger partial charge in [-0.2, -0.15) is 0 Å². The number of amides is 1. The Kier molecular flexibility index (Phi) is 9.17. The summed E-state index contributed by atoms with van der Waals surface area (Å²) in [7, 11) is 1.32. The van der Waals surface area contributed by atoms with Crippen LogP contribution in [0.3, 0.4) is 0 Å². The summed E-state index contributed by atoms with van der Waals surface area (Å²) in [5.41, 5.74) is 4.49. The van der Waals surface area contributed by atoms with E-state index >= 15 is 0 Å². The Morgan fingerprint density at radius 2 is 1.73 bits per heavy atom. The van der Waals surface area contributed by atoms with Crippen LogP contribution >= 0.6 is 11.6 Å². The Morgan fingerprint density at radius 1 is 0.979 bits per heavy atom. The molecule has 12 heteroatoms. The molecule has 10 nitrogen and oxygen atoms in total. The van der Waals surface area contributed by atoms with E-state index in [0.29, 0.717) is 30.1 Å². The first kappa shape index (κ1) is 32.2. The SMILES string of the molecule is COC(=O)c1ccc(CC(=O)[C@H]2c3cccc(N4CCN(C5COC5)CC4)c3CCN2C(=O)[C@H]2CC(c3cccc(Cl)c3F)=NO2)cc1. The predicted octanol–water partition coefficient (Wildman–Crippen LogP) is 4.22. The van der Waals surface area contributed by atoms with Crippen LogP contribution in [0.15, 0.2) is 65.8 Å². The van der Waals surface area contributed by atoms with Gasteiger partial charge in [-0.3, -0.25) is 14.5 Å². The number of halogens is 2.